The van der Waals surface area contributed by atoms with Crippen LogP contribution in [0.1, 0.15) is 45.9 Å². The van der Waals surface area contributed by atoms with E-state index in [0.717, 1.165) is 30.4 Å². The van der Waals surface area contributed by atoms with E-state index in [1.165, 1.54) is 17.5 Å². The number of hydrogen-bond donors (Lipinski definition) is 0. The highest BCUT2D eigenvalue weighted by atomic mass is 16.2. The quantitative estimate of drug-likeness (QED) is 0.727. The van der Waals surface area contributed by atoms with E-state index < -0.39 is 0 Å². The highest BCUT2D eigenvalue weighted by Crippen LogP contribution is 2.34. The van der Waals surface area contributed by atoms with E-state index in [1.807, 2.05) is 36.2 Å². The van der Waals surface area contributed by atoms with Crippen LogP contribution < -0.4 is 0 Å². The van der Waals surface area contributed by atoms with E-state index in [4.69, 9.17) is 0 Å². The minimum atomic E-state index is 0.0685. The van der Waals surface area contributed by atoms with Gasteiger partial charge in [0.15, 0.2) is 0 Å². The van der Waals surface area contributed by atoms with E-state index in [0.29, 0.717) is 6.54 Å². The molecular weight excluding hydrogens is 324 g/mol. The molecule has 4 rings (SSSR count). The van der Waals surface area contributed by atoms with Crippen LogP contribution in [0, 0.1) is 0 Å². The molecule has 1 aliphatic carbocycles. The van der Waals surface area contributed by atoms with Gasteiger partial charge in [-0.3, -0.25) is 4.79 Å². The zero-order valence-electron chi connectivity index (χ0n) is 14.9. The molecule has 1 aromatic heterocycles. The number of carbonyl (C=O) groups excluding carboxylic acids is 1. The highest BCUT2D eigenvalue weighted by Gasteiger charge is 2.26. The Hall–Kier alpha value is -2.95. The van der Waals surface area contributed by atoms with Crippen LogP contribution in [0.15, 0.2) is 61.2 Å². The summed E-state index contributed by atoms with van der Waals surface area (Å²) in [4.78, 5) is 18.8. The lowest BCUT2D eigenvalue weighted by Crippen LogP contribution is -2.33. The van der Waals surface area contributed by atoms with Crippen LogP contribution in [-0.2, 0) is 13.0 Å². The number of aryl methyl sites for hydroxylation is 1. The standard InChI is InChI=1S/C21H22N4O/c1-24(20-8-4-6-17-5-2-3-7-19(17)20)21(26)18-11-9-16(10-12-18)13-25-15-22-14-23-25/h2-3,5,7,9-12,14-15,20H,4,6,8,13H2,1H3. The molecule has 0 saturated heterocycles. The number of amides is 1. The summed E-state index contributed by atoms with van der Waals surface area (Å²) in [6.07, 6.45) is 6.45. The Labute approximate surface area is 153 Å². The van der Waals surface area contributed by atoms with Crippen molar-refractivity contribution in [1.82, 2.24) is 19.7 Å². The van der Waals surface area contributed by atoms with Gasteiger partial charge in [-0.2, -0.15) is 5.10 Å². The minimum absolute atomic E-state index is 0.0685. The third kappa shape index (κ3) is 3.25. The van der Waals surface area contributed by atoms with Crippen LogP contribution in [0.4, 0.5) is 0 Å². The van der Waals surface area contributed by atoms with Crippen molar-refractivity contribution in [2.75, 3.05) is 7.05 Å². The first-order chi connectivity index (χ1) is 12.7. The Morgan fingerprint density at radius 2 is 2.00 bits per heavy atom. The Balaban J connectivity index is 1.50. The van der Waals surface area contributed by atoms with Crippen LogP contribution in [-0.4, -0.2) is 32.6 Å². The lowest BCUT2D eigenvalue weighted by atomic mass is 9.87. The Morgan fingerprint density at radius 1 is 1.19 bits per heavy atom. The first-order valence-electron chi connectivity index (χ1n) is 8.98. The summed E-state index contributed by atoms with van der Waals surface area (Å²) in [5, 5.41) is 4.11. The first kappa shape index (κ1) is 16.5. The molecule has 0 spiro atoms. The maximum atomic E-state index is 13.0. The van der Waals surface area contributed by atoms with Crippen molar-refractivity contribution < 1.29 is 4.79 Å². The SMILES string of the molecule is CN(C(=O)c1ccc(Cn2cncn2)cc1)C1CCCc2ccccc21. The van der Waals surface area contributed by atoms with Gasteiger partial charge >= 0.3 is 0 Å². The van der Waals surface area contributed by atoms with Crippen molar-refractivity contribution in [3.05, 3.63) is 83.4 Å². The fourth-order valence-corrected chi connectivity index (χ4v) is 3.73. The van der Waals surface area contributed by atoms with Crippen molar-refractivity contribution in [3.63, 3.8) is 0 Å². The highest BCUT2D eigenvalue weighted by molar-refractivity contribution is 5.94. The summed E-state index contributed by atoms with van der Waals surface area (Å²) in [5.74, 6) is 0.0685. The van der Waals surface area contributed by atoms with Gasteiger partial charge < -0.3 is 4.90 Å². The minimum Gasteiger partial charge on any atom is -0.335 e. The van der Waals surface area contributed by atoms with Gasteiger partial charge in [-0.1, -0.05) is 36.4 Å². The molecule has 5 nitrogen and oxygen atoms in total. The van der Waals surface area contributed by atoms with Gasteiger partial charge in [0.1, 0.15) is 12.7 Å². The van der Waals surface area contributed by atoms with Crippen LogP contribution in [0.5, 0.6) is 0 Å². The Kier molecular flexibility index (Phi) is 4.52. The molecule has 1 unspecified atom stereocenters. The Bertz CT molecular complexity index is 887. The van der Waals surface area contributed by atoms with Crippen LogP contribution in [0.2, 0.25) is 0 Å². The first-order valence-corrected chi connectivity index (χ1v) is 8.98. The molecule has 26 heavy (non-hydrogen) atoms. The molecular formula is C21H22N4O. The zero-order valence-corrected chi connectivity index (χ0v) is 14.9. The normalized spacial score (nSPS) is 16.1. The van der Waals surface area contributed by atoms with Gasteiger partial charge in [0, 0.05) is 12.6 Å². The summed E-state index contributed by atoms with van der Waals surface area (Å²) >= 11 is 0. The molecule has 3 aromatic rings. The van der Waals surface area contributed by atoms with Crippen LogP contribution in [0.3, 0.4) is 0 Å². The number of aromatic nitrogens is 3. The van der Waals surface area contributed by atoms with E-state index in [-0.39, 0.29) is 11.9 Å². The molecule has 5 heteroatoms. The molecule has 0 bridgehead atoms. The predicted octanol–water partition coefficient (Wildman–Crippen LogP) is 3.48. The number of rotatable bonds is 4. The van der Waals surface area contributed by atoms with Gasteiger partial charge in [-0.15, -0.1) is 0 Å². The molecule has 1 amide bonds. The molecule has 0 fully saturated rings. The summed E-state index contributed by atoms with van der Waals surface area (Å²) in [6, 6.07) is 16.4. The maximum absolute atomic E-state index is 13.0. The predicted molar refractivity (Wildman–Crippen MR) is 99.8 cm³/mol. The second-order valence-corrected chi connectivity index (χ2v) is 6.81. The third-order valence-corrected chi connectivity index (χ3v) is 5.14. The molecule has 1 heterocycles. The second kappa shape index (κ2) is 7.12. The lowest BCUT2D eigenvalue weighted by molar-refractivity contribution is 0.0715. The topological polar surface area (TPSA) is 51.0 Å². The molecule has 1 atom stereocenters. The van der Waals surface area contributed by atoms with Crippen molar-refractivity contribution in [3.8, 4) is 0 Å². The van der Waals surface area contributed by atoms with E-state index >= 15 is 0 Å². The van der Waals surface area contributed by atoms with Crippen LogP contribution in [0.25, 0.3) is 0 Å². The number of fused-ring (bicyclic) bond motifs is 1. The molecule has 0 N–H and O–H groups in total. The average molecular weight is 346 g/mol. The smallest absolute Gasteiger partial charge is 0.254 e. The summed E-state index contributed by atoms with van der Waals surface area (Å²) in [7, 11) is 1.92. The van der Waals surface area contributed by atoms with E-state index in [2.05, 4.69) is 34.3 Å². The summed E-state index contributed by atoms with van der Waals surface area (Å²) in [5.41, 5.74) is 4.47. The molecule has 2 aromatic carbocycles. The monoisotopic (exact) mass is 346 g/mol. The van der Waals surface area contributed by atoms with Gasteiger partial charge in [0.2, 0.25) is 0 Å². The van der Waals surface area contributed by atoms with Gasteiger partial charge in [-0.05, 0) is 48.1 Å². The van der Waals surface area contributed by atoms with E-state index in [9.17, 15) is 4.79 Å². The largest absolute Gasteiger partial charge is 0.335 e. The number of nitrogens with zero attached hydrogens (tertiary/aromatic N) is 4. The summed E-state index contributed by atoms with van der Waals surface area (Å²) in [6.45, 7) is 0.653. The van der Waals surface area contributed by atoms with E-state index in [1.54, 1.807) is 11.0 Å². The Morgan fingerprint density at radius 3 is 2.77 bits per heavy atom. The lowest BCUT2D eigenvalue weighted by Gasteiger charge is -2.33. The van der Waals surface area contributed by atoms with Crippen molar-refractivity contribution in [2.24, 2.45) is 0 Å². The maximum Gasteiger partial charge on any atom is 0.254 e. The molecule has 0 saturated carbocycles. The van der Waals surface area contributed by atoms with Gasteiger partial charge in [-0.25, -0.2) is 9.67 Å². The summed E-state index contributed by atoms with van der Waals surface area (Å²) < 4.78 is 1.77. The van der Waals surface area contributed by atoms with Crippen molar-refractivity contribution in [1.29, 1.82) is 0 Å². The van der Waals surface area contributed by atoms with Gasteiger partial charge in [0.25, 0.3) is 5.91 Å². The fraction of sp³-hybridized carbons (Fsp3) is 0.286. The van der Waals surface area contributed by atoms with Crippen molar-refractivity contribution in [2.45, 2.75) is 31.8 Å². The number of benzene rings is 2. The third-order valence-electron chi connectivity index (χ3n) is 5.14. The average Bonchev–Trinajstić information content (AvgIpc) is 3.20. The number of hydrogen-bond acceptors (Lipinski definition) is 3. The zero-order chi connectivity index (χ0) is 17.9. The molecule has 0 aliphatic heterocycles. The second-order valence-electron chi connectivity index (χ2n) is 6.81. The van der Waals surface area contributed by atoms with Crippen LogP contribution >= 0.6 is 0 Å². The van der Waals surface area contributed by atoms with Crippen molar-refractivity contribution >= 4 is 5.91 Å². The number of carbonyl (C=O) groups is 1. The fourth-order valence-electron chi connectivity index (χ4n) is 3.73. The van der Waals surface area contributed by atoms with Gasteiger partial charge in [0.05, 0.1) is 12.6 Å². The molecule has 132 valence electrons. The molecule has 0 radical (unpaired) electrons. The molecule has 1 aliphatic rings.